The number of nitrogens with one attached hydrogen (secondary N) is 2. The van der Waals surface area contributed by atoms with Crippen LogP contribution < -0.4 is 14.9 Å². The molecule has 0 spiro atoms. The van der Waals surface area contributed by atoms with E-state index in [-0.39, 0.29) is 28.7 Å². The quantitative estimate of drug-likeness (QED) is 0.737. The molecule has 1 fully saturated rings. The van der Waals surface area contributed by atoms with Gasteiger partial charge in [0.25, 0.3) is 0 Å². The lowest BCUT2D eigenvalue weighted by Crippen LogP contribution is -2.51. The molecular weight excluding hydrogens is 390 g/mol. The first-order chi connectivity index (χ1) is 13.7. The van der Waals surface area contributed by atoms with Crippen LogP contribution in [0.4, 0.5) is 5.69 Å². The summed E-state index contributed by atoms with van der Waals surface area (Å²) >= 11 is 0. The molecule has 1 aromatic carbocycles. The number of anilines is 1. The van der Waals surface area contributed by atoms with Crippen molar-refractivity contribution in [3.63, 3.8) is 0 Å². The molecule has 1 aromatic rings. The normalized spacial score (nSPS) is 18.6. The summed E-state index contributed by atoms with van der Waals surface area (Å²) < 4.78 is 28.6. The van der Waals surface area contributed by atoms with Gasteiger partial charge in [-0.25, -0.2) is 8.42 Å². The van der Waals surface area contributed by atoms with Crippen molar-refractivity contribution in [2.24, 2.45) is 5.92 Å². The topological polar surface area (TPSA) is 95.6 Å². The van der Waals surface area contributed by atoms with E-state index in [0.29, 0.717) is 6.54 Å². The minimum Gasteiger partial charge on any atom is -0.352 e. The van der Waals surface area contributed by atoms with Gasteiger partial charge in [0.15, 0.2) is 0 Å². The highest BCUT2D eigenvalue weighted by atomic mass is 32.2. The molecule has 2 N–H and O–H groups in total. The van der Waals surface area contributed by atoms with E-state index >= 15 is 0 Å². The van der Waals surface area contributed by atoms with Gasteiger partial charge in [-0.1, -0.05) is 26.7 Å². The molecular formula is C21H31N3O4S. The number of rotatable bonds is 6. The summed E-state index contributed by atoms with van der Waals surface area (Å²) in [7, 11) is -3.87. The van der Waals surface area contributed by atoms with Crippen LogP contribution in [0, 0.1) is 5.92 Å². The molecule has 0 radical (unpaired) electrons. The van der Waals surface area contributed by atoms with E-state index in [1.807, 2.05) is 13.8 Å². The van der Waals surface area contributed by atoms with Crippen LogP contribution in [0.1, 0.15) is 58.4 Å². The molecule has 0 aromatic heterocycles. The first-order valence-electron chi connectivity index (χ1n) is 10.4. The fourth-order valence-electron chi connectivity index (χ4n) is 4.16. The van der Waals surface area contributed by atoms with Crippen molar-refractivity contribution in [2.75, 3.05) is 11.4 Å². The van der Waals surface area contributed by atoms with Crippen LogP contribution in [0.2, 0.25) is 0 Å². The van der Waals surface area contributed by atoms with Crippen molar-refractivity contribution in [3.05, 3.63) is 23.8 Å². The Balaban J connectivity index is 1.80. The number of benzene rings is 1. The van der Waals surface area contributed by atoms with Crippen LogP contribution in [0.3, 0.4) is 0 Å². The summed E-state index contributed by atoms with van der Waals surface area (Å²) in [6.07, 6.45) is 5.59. The van der Waals surface area contributed by atoms with Gasteiger partial charge in [-0.2, -0.15) is 4.72 Å². The van der Waals surface area contributed by atoms with Crippen LogP contribution in [0.5, 0.6) is 0 Å². The molecule has 0 saturated heterocycles. The van der Waals surface area contributed by atoms with Gasteiger partial charge in [-0.15, -0.1) is 0 Å². The molecule has 8 heteroatoms. The maximum absolute atomic E-state index is 13.0. The van der Waals surface area contributed by atoms with Crippen LogP contribution in [-0.2, 0) is 26.0 Å². The van der Waals surface area contributed by atoms with Crippen LogP contribution >= 0.6 is 0 Å². The second kappa shape index (κ2) is 8.83. The second-order valence-corrected chi connectivity index (χ2v) is 10.1. The predicted molar refractivity (Wildman–Crippen MR) is 112 cm³/mol. The van der Waals surface area contributed by atoms with Gasteiger partial charge in [0, 0.05) is 25.2 Å². The lowest BCUT2D eigenvalue weighted by atomic mass is 10.0. The molecule has 29 heavy (non-hydrogen) atoms. The lowest BCUT2D eigenvalue weighted by molar-refractivity contribution is -0.124. The number of hydrogen-bond donors (Lipinski definition) is 2. The summed E-state index contributed by atoms with van der Waals surface area (Å²) in [5.74, 6) is -0.503. The third-order valence-corrected chi connectivity index (χ3v) is 7.23. The van der Waals surface area contributed by atoms with Crippen molar-refractivity contribution in [2.45, 2.75) is 76.3 Å². The number of amides is 2. The summed E-state index contributed by atoms with van der Waals surface area (Å²) in [5.41, 5.74) is 1.60. The second-order valence-electron chi connectivity index (χ2n) is 8.40. The third kappa shape index (κ3) is 4.98. The Morgan fingerprint density at radius 1 is 1.14 bits per heavy atom. The van der Waals surface area contributed by atoms with Gasteiger partial charge >= 0.3 is 0 Å². The van der Waals surface area contributed by atoms with Gasteiger partial charge in [0.1, 0.15) is 6.04 Å². The fourth-order valence-corrected chi connectivity index (χ4v) is 5.55. The predicted octanol–water partition coefficient (Wildman–Crippen LogP) is 2.35. The van der Waals surface area contributed by atoms with E-state index in [2.05, 4.69) is 10.0 Å². The van der Waals surface area contributed by atoms with Gasteiger partial charge in [0.05, 0.1) is 4.90 Å². The molecule has 160 valence electrons. The van der Waals surface area contributed by atoms with Crippen molar-refractivity contribution < 1.29 is 18.0 Å². The highest BCUT2D eigenvalue weighted by Gasteiger charge is 2.31. The van der Waals surface area contributed by atoms with Crippen LogP contribution in [-0.4, -0.2) is 38.9 Å². The Labute approximate surface area is 173 Å². The average molecular weight is 422 g/mol. The van der Waals surface area contributed by atoms with E-state index < -0.39 is 16.1 Å². The molecule has 1 atom stereocenters. The lowest BCUT2D eigenvalue weighted by Gasteiger charge is -2.29. The maximum Gasteiger partial charge on any atom is 0.241 e. The highest BCUT2D eigenvalue weighted by molar-refractivity contribution is 7.89. The van der Waals surface area contributed by atoms with E-state index in [9.17, 15) is 18.0 Å². The zero-order valence-corrected chi connectivity index (χ0v) is 18.2. The third-order valence-electron chi connectivity index (χ3n) is 5.79. The number of carbonyl (C=O) groups is 2. The largest absolute Gasteiger partial charge is 0.352 e. The number of sulfonamides is 1. The van der Waals surface area contributed by atoms with Gasteiger partial charge in [-0.3, -0.25) is 9.59 Å². The van der Waals surface area contributed by atoms with Gasteiger partial charge < -0.3 is 10.2 Å². The van der Waals surface area contributed by atoms with E-state index in [1.165, 1.54) is 13.0 Å². The summed E-state index contributed by atoms with van der Waals surface area (Å²) in [4.78, 5) is 26.4. The van der Waals surface area contributed by atoms with Crippen molar-refractivity contribution in [3.8, 4) is 0 Å². The molecule has 7 nitrogen and oxygen atoms in total. The molecule has 2 aliphatic rings. The zero-order valence-electron chi connectivity index (χ0n) is 17.4. The zero-order chi connectivity index (χ0) is 21.2. The number of fused-ring (bicyclic) bond motifs is 1. The first kappa shape index (κ1) is 21.8. The minimum atomic E-state index is -3.87. The number of aryl methyl sites for hydroxylation is 1. The maximum atomic E-state index is 13.0. The number of nitrogens with zero attached hydrogens (tertiary/aromatic N) is 1. The number of hydrogen-bond acceptors (Lipinski definition) is 4. The molecule has 2 amide bonds. The molecule has 1 aliphatic carbocycles. The van der Waals surface area contributed by atoms with E-state index in [1.54, 1.807) is 17.0 Å². The minimum absolute atomic E-state index is 0.0527. The van der Waals surface area contributed by atoms with E-state index in [4.69, 9.17) is 0 Å². The first-order valence-corrected chi connectivity index (χ1v) is 11.9. The SMILES string of the molecule is CC(=O)N1CCCc2cc(S(=O)(=O)N[C@H](C(=O)NC3CCCC3)C(C)C)ccc21. The van der Waals surface area contributed by atoms with E-state index in [0.717, 1.165) is 49.8 Å². The van der Waals surface area contributed by atoms with Gasteiger partial charge in [0.2, 0.25) is 21.8 Å². The summed E-state index contributed by atoms with van der Waals surface area (Å²) in [5, 5.41) is 2.99. The molecule has 1 aliphatic heterocycles. The molecule has 1 heterocycles. The van der Waals surface area contributed by atoms with Crippen molar-refractivity contribution in [1.29, 1.82) is 0 Å². The Bertz CT molecular complexity index is 876. The van der Waals surface area contributed by atoms with Crippen LogP contribution in [0.25, 0.3) is 0 Å². The Hall–Kier alpha value is -1.93. The standard InChI is InChI=1S/C21H31N3O4S/c1-14(2)20(21(26)22-17-8-4-5-9-17)23-29(27,28)18-10-11-19-16(13-18)7-6-12-24(19)15(3)25/h10-11,13-14,17,20,23H,4-9,12H2,1-3H3,(H,22,26)/t20-/m0/s1. The van der Waals surface area contributed by atoms with Crippen molar-refractivity contribution >= 4 is 27.5 Å². The fraction of sp³-hybridized carbons (Fsp3) is 0.619. The molecule has 3 rings (SSSR count). The summed E-state index contributed by atoms with van der Waals surface area (Å²) in [6, 6.07) is 4.13. The Kier molecular flexibility index (Phi) is 6.63. The Morgan fingerprint density at radius 2 is 1.83 bits per heavy atom. The monoisotopic (exact) mass is 421 g/mol. The Morgan fingerprint density at radius 3 is 2.45 bits per heavy atom. The molecule has 0 unspecified atom stereocenters. The average Bonchev–Trinajstić information content (AvgIpc) is 3.17. The smallest absolute Gasteiger partial charge is 0.241 e. The number of carbonyl (C=O) groups excluding carboxylic acids is 2. The molecule has 1 saturated carbocycles. The van der Waals surface area contributed by atoms with Crippen LogP contribution in [0.15, 0.2) is 23.1 Å². The highest BCUT2D eigenvalue weighted by Crippen LogP contribution is 2.29. The summed E-state index contributed by atoms with van der Waals surface area (Å²) in [6.45, 7) is 5.82. The van der Waals surface area contributed by atoms with Crippen molar-refractivity contribution in [1.82, 2.24) is 10.0 Å². The van der Waals surface area contributed by atoms with Gasteiger partial charge in [-0.05, 0) is 55.4 Å². The molecule has 0 bridgehead atoms.